The van der Waals surface area contributed by atoms with E-state index in [2.05, 4.69) is 26.1 Å². The number of carbonyl (C=O) groups excluding carboxylic acids is 1. The molecule has 0 saturated heterocycles. The molecule has 0 atom stereocenters. The summed E-state index contributed by atoms with van der Waals surface area (Å²) in [6, 6.07) is 11.0. The van der Waals surface area contributed by atoms with Crippen LogP contribution in [0.2, 0.25) is 0 Å². The predicted molar refractivity (Wildman–Crippen MR) is 85.6 cm³/mol. The number of ether oxygens (including phenoxy) is 1. The lowest BCUT2D eigenvalue weighted by molar-refractivity contribution is 0.0438. The highest BCUT2D eigenvalue weighted by Crippen LogP contribution is 2.30. The van der Waals surface area contributed by atoms with Gasteiger partial charge in [0.05, 0.1) is 14.2 Å². The van der Waals surface area contributed by atoms with Crippen molar-refractivity contribution in [1.82, 2.24) is 10.2 Å². The van der Waals surface area contributed by atoms with Gasteiger partial charge in [0.2, 0.25) is 0 Å². The van der Waals surface area contributed by atoms with Crippen LogP contribution in [0.4, 0.5) is 0 Å². The summed E-state index contributed by atoms with van der Waals surface area (Å²) < 4.78 is 11.7. The van der Waals surface area contributed by atoms with Crippen molar-refractivity contribution in [3.8, 4) is 10.8 Å². The first kappa shape index (κ1) is 14.9. The fourth-order valence-electron chi connectivity index (χ4n) is 1.85. The molecule has 2 heterocycles. The number of hydrogen-bond acceptors (Lipinski definition) is 6. The van der Waals surface area contributed by atoms with Gasteiger partial charge in [0.15, 0.2) is 6.61 Å². The summed E-state index contributed by atoms with van der Waals surface area (Å²) in [5.41, 5.74) is 1.39. The molecule has 0 N–H and O–H groups in total. The third kappa shape index (κ3) is 3.26. The van der Waals surface area contributed by atoms with Crippen molar-refractivity contribution in [2.75, 3.05) is 0 Å². The second kappa shape index (κ2) is 6.41. The van der Waals surface area contributed by atoms with E-state index < -0.39 is 5.97 Å². The highest BCUT2D eigenvalue weighted by Gasteiger charge is 2.14. The number of aryl methyl sites for hydroxylation is 1. The Labute approximate surface area is 139 Å². The number of esters is 1. The van der Waals surface area contributed by atoms with Gasteiger partial charge in [0.25, 0.3) is 11.8 Å². The van der Waals surface area contributed by atoms with Gasteiger partial charge in [-0.1, -0.05) is 18.2 Å². The van der Waals surface area contributed by atoms with Crippen LogP contribution in [0.1, 0.15) is 21.8 Å². The van der Waals surface area contributed by atoms with Gasteiger partial charge in [-0.25, -0.2) is 4.79 Å². The number of rotatable bonds is 4. The van der Waals surface area contributed by atoms with Crippen LogP contribution in [0.3, 0.4) is 0 Å². The van der Waals surface area contributed by atoms with Gasteiger partial charge < -0.3 is 9.15 Å². The number of aromatic nitrogens is 2. The van der Waals surface area contributed by atoms with Crippen LogP contribution in [0.25, 0.3) is 10.8 Å². The Kier molecular flexibility index (Phi) is 4.35. The molecule has 0 aliphatic carbocycles. The minimum absolute atomic E-state index is 0.0489. The number of hydrogen-bond donors (Lipinski definition) is 0. The van der Waals surface area contributed by atoms with Crippen molar-refractivity contribution < 1.29 is 13.9 Å². The summed E-state index contributed by atoms with van der Waals surface area (Å²) in [5, 5.41) is 7.84. The lowest BCUT2D eigenvalue weighted by Gasteiger charge is -2.04. The van der Waals surface area contributed by atoms with Crippen LogP contribution in [-0.2, 0) is 11.3 Å². The van der Waals surface area contributed by atoms with Crippen LogP contribution in [-0.4, -0.2) is 16.2 Å². The third-order valence-electron chi connectivity index (χ3n) is 2.94. The van der Waals surface area contributed by atoms with Crippen molar-refractivity contribution in [1.29, 1.82) is 0 Å². The Morgan fingerprint density at radius 3 is 2.82 bits per heavy atom. The molecule has 3 aromatic rings. The van der Waals surface area contributed by atoms with Crippen LogP contribution in [0.5, 0.6) is 0 Å². The summed E-state index contributed by atoms with van der Waals surface area (Å²) in [7, 11) is 0. The summed E-state index contributed by atoms with van der Waals surface area (Å²) in [4.78, 5) is 12.9. The van der Waals surface area contributed by atoms with E-state index >= 15 is 0 Å². The molecular formula is C15H11BrN2O3S. The lowest BCUT2D eigenvalue weighted by atomic mass is 10.1. The quantitative estimate of drug-likeness (QED) is 0.635. The van der Waals surface area contributed by atoms with E-state index in [9.17, 15) is 4.79 Å². The molecule has 0 aliphatic heterocycles. The van der Waals surface area contributed by atoms with Crippen LogP contribution in [0, 0.1) is 6.92 Å². The van der Waals surface area contributed by atoms with Gasteiger partial charge in [-0.15, -0.1) is 21.5 Å². The molecule has 0 unspecified atom stereocenters. The molecule has 5 nitrogen and oxygen atoms in total. The van der Waals surface area contributed by atoms with E-state index in [4.69, 9.17) is 9.15 Å². The minimum atomic E-state index is -0.406. The molecule has 0 aliphatic rings. The second-order valence-corrected chi connectivity index (χ2v) is 6.96. The zero-order valence-corrected chi connectivity index (χ0v) is 14.0. The van der Waals surface area contributed by atoms with Crippen molar-refractivity contribution >= 4 is 33.2 Å². The summed E-state index contributed by atoms with van der Waals surface area (Å²) in [6.45, 7) is 1.81. The number of carbonyl (C=O) groups is 1. The maximum absolute atomic E-state index is 12.0. The second-order valence-electron chi connectivity index (χ2n) is 4.50. The Balaban J connectivity index is 1.66. The molecule has 22 heavy (non-hydrogen) atoms. The molecular weight excluding hydrogens is 368 g/mol. The topological polar surface area (TPSA) is 65.2 Å². The van der Waals surface area contributed by atoms with Crippen LogP contribution < -0.4 is 0 Å². The standard InChI is InChI=1S/C15H11BrN2O3S/c1-9-4-2-3-5-10(9)15(19)20-8-13-17-18-14(21-13)11-6-7-12(16)22-11/h2-7H,8H2,1H3. The largest absolute Gasteiger partial charge is 0.452 e. The van der Waals surface area contributed by atoms with E-state index in [1.165, 1.54) is 11.3 Å². The molecule has 112 valence electrons. The van der Waals surface area contributed by atoms with Gasteiger partial charge in [-0.05, 0) is 46.6 Å². The molecule has 0 radical (unpaired) electrons. The van der Waals surface area contributed by atoms with Crippen molar-refractivity contribution in [2.24, 2.45) is 0 Å². The van der Waals surface area contributed by atoms with Crippen molar-refractivity contribution in [2.45, 2.75) is 13.5 Å². The molecule has 1 aromatic carbocycles. The minimum Gasteiger partial charge on any atom is -0.452 e. The fraction of sp³-hybridized carbons (Fsp3) is 0.133. The monoisotopic (exact) mass is 378 g/mol. The molecule has 0 bridgehead atoms. The first-order valence-corrected chi connectivity index (χ1v) is 8.05. The molecule has 0 amide bonds. The highest BCUT2D eigenvalue weighted by atomic mass is 79.9. The van der Waals surface area contributed by atoms with Crippen molar-refractivity contribution in [3.05, 3.63) is 57.2 Å². The first-order valence-electron chi connectivity index (χ1n) is 6.44. The maximum atomic E-state index is 12.0. The molecule has 7 heteroatoms. The normalized spacial score (nSPS) is 10.6. The number of halogens is 1. The first-order chi connectivity index (χ1) is 10.6. The van der Waals surface area contributed by atoms with E-state index in [0.29, 0.717) is 11.5 Å². The zero-order chi connectivity index (χ0) is 15.5. The van der Waals surface area contributed by atoms with Crippen LogP contribution >= 0.6 is 27.3 Å². The number of thiophene rings is 1. The number of benzene rings is 1. The molecule has 3 rings (SSSR count). The van der Waals surface area contributed by atoms with E-state index in [0.717, 1.165) is 14.2 Å². The Morgan fingerprint density at radius 1 is 1.27 bits per heavy atom. The molecule has 0 saturated carbocycles. The summed E-state index contributed by atoms with van der Waals surface area (Å²) in [5.74, 6) is 0.274. The Morgan fingerprint density at radius 2 is 2.09 bits per heavy atom. The summed E-state index contributed by atoms with van der Waals surface area (Å²) in [6.07, 6.45) is 0. The van der Waals surface area contributed by atoms with E-state index in [1.54, 1.807) is 12.1 Å². The molecule has 0 fully saturated rings. The highest BCUT2D eigenvalue weighted by molar-refractivity contribution is 9.11. The smallest absolute Gasteiger partial charge is 0.338 e. The zero-order valence-electron chi connectivity index (χ0n) is 11.6. The van der Waals surface area contributed by atoms with E-state index in [-0.39, 0.29) is 12.5 Å². The van der Waals surface area contributed by atoms with Crippen molar-refractivity contribution in [3.63, 3.8) is 0 Å². The fourth-order valence-corrected chi connectivity index (χ4v) is 3.16. The molecule has 2 aromatic heterocycles. The Bertz CT molecular complexity index is 812. The predicted octanol–water partition coefficient (Wildman–Crippen LogP) is 4.23. The van der Waals surface area contributed by atoms with Gasteiger partial charge in [-0.2, -0.15) is 0 Å². The van der Waals surface area contributed by atoms with Gasteiger partial charge in [0.1, 0.15) is 0 Å². The average molecular weight is 379 g/mol. The average Bonchev–Trinajstić information content (AvgIpc) is 3.14. The van der Waals surface area contributed by atoms with Gasteiger partial charge in [-0.3, -0.25) is 0 Å². The lowest BCUT2D eigenvalue weighted by Crippen LogP contribution is -2.07. The number of nitrogens with zero attached hydrogens (tertiary/aromatic N) is 2. The Hall–Kier alpha value is -1.99. The molecule has 0 spiro atoms. The third-order valence-corrected chi connectivity index (χ3v) is 4.55. The summed E-state index contributed by atoms with van der Waals surface area (Å²) >= 11 is 4.87. The van der Waals surface area contributed by atoms with Gasteiger partial charge in [0, 0.05) is 0 Å². The van der Waals surface area contributed by atoms with Gasteiger partial charge >= 0.3 is 5.97 Å². The van der Waals surface area contributed by atoms with Crippen LogP contribution in [0.15, 0.2) is 44.6 Å². The maximum Gasteiger partial charge on any atom is 0.338 e. The SMILES string of the molecule is Cc1ccccc1C(=O)OCc1nnc(-c2ccc(Br)s2)o1. The van der Waals surface area contributed by atoms with E-state index in [1.807, 2.05) is 31.2 Å².